The molecule has 0 radical (unpaired) electrons. The maximum absolute atomic E-state index is 12.1. The fourth-order valence-electron chi connectivity index (χ4n) is 1.90. The first-order valence-corrected chi connectivity index (χ1v) is 6.80. The molecule has 0 aliphatic rings. The highest BCUT2D eigenvalue weighted by molar-refractivity contribution is 5.91. The van der Waals surface area contributed by atoms with Gasteiger partial charge in [-0.15, -0.1) is 0 Å². The lowest BCUT2D eigenvalue weighted by Gasteiger charge is -2.18. The van der Waals surface area contributed by atoms with Gasteiger partial charge in [-0.2, -0.15) is 0 Å². The molecule has 0 aliphatic heterocycles. The van der Waals surface area contributed by atoms with Gasteiger partial charge >= 0.3 is 5.97 Å². The van der Waals surface area contributed by atoms with Gasteiger partial charge in [-0.3, -0.25) is 0 Å². The monoisotopic (exact) mass is 264 g/mol. The van der Waals surface area contributed by atoms with Crippen molar-refractivity contribution < 1.29 is 14.3 Å². The fraction of sp³-hybridized carbons (Fsp3) is 0.562. The van der Waals surface area contributed by atoms with Crippen LogP contribution >= 0.6 is 0 Å². The van der Waals surface area contributed by atoms with Crippen LogP contribution in [-0.2, 0) is 9.47 Å². The molecular weight excluding hydrogens is 240 g/mol. The first-order valence-electron chi connectivity index (χ1n) is 6.80. The van der Waals surface area contributed by atoms with Gasteiger partial charge in [0.05, 0.1) is 12.2 Å². The van der Waals surface area contributed by atoms with E-state index in [1.165, 1.54) is 0 Å². The predicted octanol–water partition coefficient (Wildman–Crippen LogP) is 3.60. The molecule has 0 aromatic heterocycles. The third-order valence-corrected chi connectivity index (χ3v) is 3.06. The van der Waals surface area contributed by atoms with E-state index in [2.05, 4.69) is 13.8 Å². The molecule has 1 unspecified atom stereocenters. The Morgan fingerprint density at radius 3 is 2.47 bits per heavy atom. The lowest BCUT2D eigenvalue weighted by atomic mass is 10.0. The van der Waals surface area contributed by atoms with E-state index in [4.69, 9.17) is 9.47 Å². The summed E-state index contributed by atoms with van der Waals surface area (Å²) in [7, 11) is 1.63. The summed E-state index contributed by atoms with van der Waals surface area (Å²) >= 11 is 0. The third-order valence-electron chi connectivity index (χ3n) is 3.06. The standard InChI is InChI=1S/C16H24O3/c1-12(2)9-10-14(11-18-4)19-16(17)15-8-6-5-7-13(15)3/h5-8,12,14H,9-11H2,1-4H3. The highest BCUT2D eigenvalue weighted by Gasteiger charge is 2.17. The number of carbonyl (C=O) groups excluding carboxylic acids is 1. The van der Waals surface area contributed by atoms with E-state index in [1.807, 2.05) is 25.1 Å². The zero-order chi connectivity index (χ0) is 14.3. The average molecular weight is 264 g/mol. The topological polar surface area (TPSA) is 35.5 Å². The molecule has 1 atom stereocenters. The molecule has 0 aliphatic carbocycles. The van der Waals surface area contributed by atoms with Crippen molar-refractivity contribution in [3.05, 3.63) is 35.4 Å². The SMILES string of the molecule is COCC(CCC(C)C)OC(=O)c1ccccc1C. The Kier molecular flexibility index (Phi) is 6.57. The summed E-state index contributed by atoms with van der Waals surface area (Å²) in [6.07, 6.45) is 1.69. The van der Waals surface area contributed by atoms with Gasteiger partial charge < -0.3 is 9.47 Å². The van der Waals surface area contributed by atoms with Crippen molar-refractivity contribution in [1.29, 1.82) is 0 Å². The first-order chi connectivity index (χ1) is 9.04. The van der Waals surface area contributed by atoms with Crippen molar-refractivity contribution >= 4 is 5.97 Å². The Morgan fingerprint density at radius 2 is 1.89 bits per heavy atom. The van der Waals surface area contributed by atoms with Crippen LogP contribution in [0.15, 0.2) is 24.3 Å². The highest BCUT2D eigenvalue weighted by Crippen LogP contribution is 2.14. The number of hydrogen-bond donors (Lipinski definition) is 0. The Balaban J connectivity index is 2.63. The van der Waals surface area contributed by atoms with Crippen LogP contribution in [0.1, 0.15) is 42.6 Å². The van der Waals surface area contributed by atoms with Crippen molar-refractivity contribution in [2.24, 2.45) is 5.92 Å². The van der Waals surface area contributed by atoms with E-state index in [0.29, 0.717) is 18.1 Å². The molecule has 0 heterocycles. The average Bonchev–Trinajstić information content (AvgIpc) is 2.36. The van der Waals surface area contributed by atoms with Crippen LogP contribution in [0.5, 0.6) is 0 Å². The van der Waals surface area contributed by atoms with E-state index in [-0.39, 0.29) is 12.1 Å². The molecule has 0 N–H and O–H groups in total. The first kappa shape index (κ1) is 15.7. The number of methoxy groups -OCH3 is 1. The van der Waals surface area contributed by atoms with Crippen molar-refractivity contribution in [1.82, 2.24) is 0 Å². The number of aryl methyl sites for hydroxylation is 1. The quantitative estimate of drug-likeness (QED) is 0.706. The molecule has 3 nitrogen and oxygen atoms in total. The minimum absolute atomic E-state index is 0.167. The van der Waals surface area contributed by atoms with Gasteiger partial charge in [-0.25, -0.2) is 4.79 Å². The molecule has 106 valence electrons. The van der Waals surface area contributed by atoms with Gasteiger partial charge in [0, 0.05) is 7.11 Å². The molecule has 3 heteroatoms. The summed E-state index contributed by atoms with van der Waals surface area (Å²) in [5.74, 6) is 0.334. The maximum atomic E-state index is 12.1. The minimum atomic E-state index is -0.260. The molecule has 0 fully saturated rings. The van der Waals surface area contributed by atoms with Crippen LogP contribution in [0.25, 0.3) is 0 Å². The molecule has 0 amide bonds. The summed E-state index contributed by atoms with van der Waals surface area (Å²) in [6.45, 7) is 6.68. The van der Waals surface area contributed by atoms with Gasteiger partial charge in [0.25, 0.3) is 0 Å². The molecule has 0 spiro atoms. The number of hydrogen-bond acceptors (Lipinski definition) is 3. The van der Waals surface area contributed by atoms with Crippen molar-refractivity contribution in [3.63, 3.8) is 0 Å². The van der Waals surface area contributed by atoms with Crippen molar-refractivity contribution in [3.8, 4) is 0 Å². The van der Waals surface area contributed by atoms with Crippen LogP contribution in [0.3, 0.4) is 0 Å². The van der Waals surface area contributed by atoms with E-state index in [0.717, 1.165) is 18.4 Å². The lowest BCUT2D eigenvalue weighted by molar-refractivity contribution is 0.00150. The Labute approximate surface area is 115 Å². The van der Waals surface area contributed by atoms with Gasteiger partial charge in [-0.05, 0) is 37.3 Å². The predicted molar refractivity (Wildman–Crippen MR) is 76.3 cm³/mol. The number of ether oxygens (including phenoxy) is 2. The molecule has 1 aromatic rings. The van der Waals surface area contributed by atoms with Crippen LogP contribution in [0.2, 0.25) is 0 Å². The number of esters is 1. The normalized spacial score (nSPS) is 12.5. The van der Waals surface area contributed by atoms with E-state index in [9.17, 15) is 4.79 Å². The second kappa shape index (κ2) is 7.95. The molecule has 1 aromatic carbocycles. The number of carbonyl (C=O) groups is 1. The van der Waals surface area contributed by atoms with Crippen LogP contribution in [0, 0.1) is 12.8 Å². The summed E-state index contributed by atoms with van der Waals surface area (Å²) < 4.78 is 10.7. The number of rotatable bonds is 7. The zero-order valence-electron chi connectivity index (χ0n) is 12.3. The molecular formula is C16H24O3. The second-order valence-corrected chi connectivity index (χ2v) is 5.27. The fourth-order valence-corrected chi connectivity index (χ4v) is 1.90. The van der Waals surface area contributed by atoms with Gasteiger partial charge in [0.15, 0.2) is 0 Å². The molecule has 0 bridgehead atoms. The smallest absolute Gasteiger partial charge is 0.338 e. The largest absolute Gasteiger partial charge is 0.456 e. The van der Waals surface area contributed by atoms with Crippen LogP contribution < -0.4 is 0 Å². The van der Waals surface area contributed by atoms with Crippen LogP contribution in [0.4, 0.5) is 0 Å². The van der Waals surface area contributed by atoms with Crippen molar-refractivity contribution in [2.75, 3.05) is 13.7 Å². The highest BCUT2D eigenvalue weighted by atomic mass is 16.6. The zero-order valence-corrected chi connectivity index (χ0v) is 12.3. The Hall–Kier alpha value is -1.35. The maximum Gasteiger partial charge on any atom is 0.338 e. The summed E-state index contributed by atoms with van der Waals surface area (Å²) in [4.78, 5) is 12.1. The Bertz CT molecular complexity index is 399. The van der Waals surface area contributed by atoms with Crippen LogP contribution in [-0.4, -0.2) is 25.8 Å². The Morgan fingerprint density at radius 1 is 1.21 bits per heavy atom. The van der Waals surface area contributed by atoms with Gasteiger partial charge in [0.2, 0.25) is 0 Å². The molecule has 0 saturated carbocycles. The summed E-state index contributed by atoms with van der Waals surface area (Å²) in [6, 6.07) is 7.47. The summed E-state index contributed by atoms with van der Waals surface area (Å²) in [5, 5.41) is 0. The second-order valence-electron chi connectivity index (χ2n) is 5.27. The number of benzene rings is 1. The van der Waals surface area contributed by atoms with Crippen molar-refractivity contribution in [2.45, 2.75) is 39.7 Å². The minimum Gasteiger partial charge on any atom is -0.456 e. The summed E-state index contributed by atoms with van der Waals surface area (Å²) in [5.41, 5.74) is 1.57. The van der Waals surface area contributed by atoms with Gasteiger partial charge in [-0.1, -0.05) is 32.0 Å². The van der Waals surface area contributed by atoms with E-state index < -0.39 is 0 Å². The molecule has 1 rings (SSSR count). The van der Waals surface area contributed by atoms with E-state index >= 15 is 0 Å². The lowest BCUT2D eigenvalue weighted by Crippen LogP contribution is -2.24. The van der Waals surface area contributed by atoms with E-state index in [1.54, 1.807) is 13.2 Å². The van der Waals surface area contributed by atoms with Gasteiger partial charge in [0.1, 0.15) is 6.10 Å². The third kappa shape index (κ3) is 5.43. The molecule has 0 saturated heterocycles. The molecule has 19 heavy (non-hydrogen) atoms.